The monoisotopic (exact) mass is 286 g/mol. The van der Waals surface area contributed by atoms with Crippen LogP contribution in [-0.2, 0) is 14.3 Å². The van der Waals surface area contributed by atoms with E-state index in [1.807, 2.05) is 0 Å². The highest BCUT2D eigenvalue weighted by Gasteiger charge is 2.11. The lowest BCUT2D eigenvalue weighted by Crippen LogP contribution is -2.26. The zero-order valence-electron chi connectivity index (χ0n) is 11.5. The van der Waals surface area contributed by atoms with E-state index in [2.05, 4.69) is 4.74 Å². The zero-order chi connectivity index (χ0) is 15.6. The maximum absolute atomic E-state index is 11.6. The van der Waals surface area contributed by atoms with Crippen molar-refractivity contribution in [2.24, 2.45) is 0 Å². The largest absolute Gasteiger partial charge is 0.542 e. The van der Waals surface area contributed by atoms with Crippen LogP contribution < -0.4 is 5.11 Å². The molecule has 0 bridgehead atoms. The summed E-state index contributed by atoms with van der Waals surface area (Å²) < 4.78 is 5.99. The van der Waals surface area contributed by atoms with Crippen molar-refractivity contribution in [2.45, 2.75) is 13.8 Å². The topological polar surface area (TPSA) is 88.4 Å². The Morgan fingerprint density at radius 1 is 1.19 bits per heavy atom. The summed E-state index contributed by atoms with van der Waals surface area (Å²) in [6, 6.07) is 7.00. The van der Waals surface area contributed by atoms with Crippen LogP contribution in [-0.4, -0.2) is 22.4 Å². The summed E-state index contributed by atoms with van der Waals surface area (Å²) in [5, 5.41) is 11.7. The molecule has 0 aliphatic carbocycles. The fraction of sp³-hybridized carbons (Fsp3) is 0.133. The van der Waals surface area contributed by atoms with Crippen molar-refractivity contribution >= 4 is 34.8 Å². The lowest BCUT2D eigenvalue weighted by Gasteiger charge is -2.07. The van der Waals surface area contributed by atoms with Gasteiger partial charge >= 0.3 is 5.97 Å². The maximum Gasteiger partial charge on any atom is 0.308 e. The molecule has 0 atom stereocenters. The number of aromatic nitrogens is 1. The molecule has 2 rings (SSSR count). The maximum atomic E-state index is 11.6. The van der Waals surface area contributed by atoms with Crippen molar-refractivity contribution in [1.82, 2.24) is 4.57 Å². The Kier molecular flexibility index (Phi) is 3.89. The van der Waals surface area contributed by atoms with Gasteiger partial charge in [0.15, 0.2) is 5.76 Å². The number of benzene rings is 1. The highest BCUT2D eigenvalue weighted by atomic mass is 16.6. The van der Waals surface area contributed by atoms with E-state index >= 15 is 0 Å². The molecule has 1 aromatic carbocycles. The number of carboxylic acids is 1. The highest BCUT2D eigenvalue weighted by molar-refractivity contribution is 6.00. The summed E-state index contributed by atoms with van der Waals surface area (Å²) in [6.07, 6.45) is 2.65. The summed E-state index contributed by atoms with van der Waals surface area (Å²) >= 11 is 0. The Morgan fingerprint density at radius 3 is 2.43 bits per heavy atom. The van der Waals surface area contributed by atoms with E-state index in [1.54, 1.807) is 24.3 Å². The smallest absolute Gasteiger partial charge is 0.308 e. The van der Waals surface area contributed by atoms with Crippen LogP contribution in [0.1, 0.15) is 24.2 Å². The Hall–Kier alpha value is -2.89. The number of carboxylic acid groups (broad SMARTS) is 1. The summed E-state index contributed by atoms with van der Waals surface area (Å²) in [5.41, 5.74) is 1.08. The molecule has 108 valence electrons. The van der Waals surface area contributed by atoms with Crippen LogP contribution in [0.3, 0.4) is 0 Å². The molecule has 0 amide bonds. The molecule has 2 aromatic rings. The molecule has 0 spiro atoms. The third-order valence-electron chi connectivity index (χ3n) is 2.82. The molecular formula is C15H12NO5-. The fourth-order valence-corrected chi connectivity index (χ4v) is 2.01. The van der Waals surface area contributed by atoms with Crippen molar-refractivity contribution in [1.29, 1.82) is 0 Å². The van der Waals surface area contributed by atoms with E-state index in [0.29, 0.717) is 16.5 Å². The Labute approximate surface area is 120 Å². The van der Waals surface area contributed by atoms with Gasteiger partial charge in [0.2, 0.25) is 5.91 Å². The average Bonchev–Trinajstić information content (AvgIpc) is 2.77. The second-order valence-electron chi connectivity index (χ2n) is 4.38. The number of hydrogen-bond donors (Lipinski definition) is 0. The van der Waals surface area contributed by atoms with Crippen LogP contribution in [0.25, 0.3) is 17.0 Å². The standard InChI is InChI=1S/C15H13NO5/c1-9(17)16-8-11(12-5-3-4-6-13(12)16)7-14(15(19)20)21-10(2)18/h3-8H,1-2H3,(H,19,20)/p-1/b14-7-. The van der Waals surface area contributed by atoms with E-state index in [-0.39, 0.29) is 5.91 Å². The molecule has 0 saturated carbocycles. The fourth-order valence-electron chi connectivity index (χ4n) is 2.01. The Bertz CT molecular complexity index is 769. The van der Waals surface area contributed by atoms with E-state index in [4.69, 9.17) is 0 Å². The molecular weight excluding hydrogens is 274 g/mol. The summed E-state index contributed by atoms with van der Waals surface area (Å²) in [7, 11) is 0. The molecule has 0 unspecified atom stereocenters. The molecule has 1 aromatic heterocycles. The number of esters is 1. The minimum absolute atomic E-state index is 0.215. The number of rotatable bonds is 3. The van der Waals surface area contributed by atoms with Crippen molar-refractivity contribution in [2.75, 3.05) is 0 Å². The molecule has 6 heteroatoms. The number of para-hydroxylation sites is 1. The predicted molar refractivity (Wildman–Crippen MR) is 73.0 cm³/mol. The van der Waals surface area contributed by atoms with Gasteiger partial charge in [-0.3, -0.25) is 14.2 Å². The molecule has 6 nitrogen and oxygen atoms in total. The van der Waals surface area contributed by atoms with Gasteiger partial charge in [-0.25, -0.2) is 0 Å². The zero-order valence-corrected chi connectivity index (χ0v) is 11.5. The molecule has 0 radical (unpaired) electrons. The minimum atomic E-state index is -1.61. The Balaban J connectivity index is 2.63. The van der Waals surface area contributed by atoms with Crippen LogP contribution in [0.4, 0.5) is 0 Å². The van der Waals surface area contributed by atoms with Crippen LogP contribution in [0, 0.1) is 0 Å². The van der Waals surface area contributed by atoms with Gasteiger partial charge in [-0.1, -0.05) is 18.2 Å². The second kappa shape index (κ2) is 5.62. The summed E-state index contributed by atoms with van der Waals surface area (Å²) in [6.45, 7) is 2.49. The number of carbonyl (C=O) groups excluding carboxylic acids is 3. The number of fused-ring (bicyclic) bond motifs is 1. The number of carbonyl (C=O) groups is 3. The van der Waals surface area contributed by atoms with Crippen LogP contribution in [0.15, 0.2) is 36.2 Å². The molecule has 0 fully saturated rings. The van der Waals surface area contributed by atoms with Crippen LogP contribution in [0.2, 0.25) is 0 Å². The van der Waals surface area contributed by atoms with Gasteiger partial charge in [0.25, 0.3) is 0 Å². The van der Waals surface area contributed by atoms with Gasteiger partial charge in [0.1, 0.15) is 5.97 Å². The number of aliphatic carboxylic acids is 1. The van der Waals surface area contributed by atoms with Crippen LogP contribution >= 0.6 is 0 Å². The third kappa shape index (κ3) is 3.00. The number of ether oxygens (including phenoxy) is 1. The first-order chi connectivity index (χ1) is 9.90. The van der Waals surface area contributed by atoms with Crippen molar-refractivity contribution in [3.8, 4) is 0 Å². The van der Waals surface area contributed by atoms with E-state index in [0.717, 1.165) is 6.92 Å². The molecule has 0 aliphatic heterocycles. The third-order valence-corrected chi connectivity index (χ3v) is 2.82. The lowest BCUT2D eigenvalue weighted by molar-refractivity contribution is -0.302. The van der Waals surface area contributed by atoms with Crippen molar-refractivity contribution in [3.63, 3.8) is 0 Å². The van der Waals surface area contributed by atoms with Gasteiger partial charge in [-0.05, 0) is 12.1 Å². The minimum Gasteiger partial charge on any atom is -0.542 e. The van der Waals surface area contributed by atoms with Crippen molar-refractivity contribution < 1.29 is 24.2 Å². The summed E-state index contributed by atoms with van der Waals surface area (Å²) in [4.78, 5) is 33.5. The predicted octanol–water partition coefficient (Wildman–Crippen LogP) is 0.955. The van der Waals surface area contributed by atoms with Crippen LogP contribution in [0.5, 0.6) is 0 Å². The molecule has 21 heavy (non-hydrogen) atoms. The SMILES string of the molecule is CC(=O)O/C(=C\c1cn(C(C)=O)c2ccccc12)C(=O)[O-]. The highest BCUT2D eigenvalue weighted by Crippen LogP contribution is 2.23. The van der Waals surface area contributed by atoms with E-state index in [1.165, 1.54) is 23.8 Å². The Morgan fingerprint density at radius 2 is 1.86 bits per heavy atom. The van der Waals surface area contributed by atoms with Gasteiger partial charge in [-0.15, -0.1) is 0 Å². The average molecular weight is 286 g/mol. The van der Waals surface area contributed by atoms with E-state index < -0.39 is 17.7 Å². The van der Waals surface area contributed by atoms with Gasteiger partial charge in [0.05, 0.1) is 5.52 Å². The van der Waals surface area contributed by atoms with Crippen molar-refractivity contribution in [3.05, 3.63) is 41.8 Å². The quantitative estimate of drug-likeness (QED) is 0.476. The number of nitrogens with zero attached hydrogens (tertiary/aromatic N) is 1. The first-order valence-electron chi connectivity index (χ1n) is 6.12. The number of hydrogen-bond acceptors (Lipinski definition) is 5. The molecule has 0 aliphatic rings. The first-order valence-corrected chi connectivity index (χ1v) is 6.12. The van der Waals surface area contributed by atoms with Gasteiger partial charge in [-0.2, -0.15) is 0 Å². The van der Waals surface area contributed by atoms with Gasteiger partial charge < -0.3 is 14.6 Å². The van der Waals surface area contributed by atoms with Gasteiger partial charge in [0, 0.05) is 31.0 Å². The molecule has 0 N–H and O–H groups in total. The first kappa shape index (κ1) is 14.5. The molecule has 1 heterocycles. The van der Waals surface area contributed by atoms with E-state index in [9.17, 15) is 19.5 Å². The second-order valence-corrected chi connectivity index (χ2v) is 4.38. The molecule has 0 saturated heterocycles. The summed E-state index contributed by atoms with van der Waals surface area (Å²) in [5.74, 6) is -3.19. The normalized spacial score (nSPS) is 11.4. The lowest BCUT2D eigenvalue weighted by atomic mass is 10.1.